The molecule has 3 rings (SSSR count). The summed E-state index contributed by atoms with van der Waals surface area (Å²) in [6.45, 7) is 6.63. The van der Waals surface area contributed by atoms with Crippen LogP contribution in [0, 0.1) is 16.2 Å². The Kier molecular flexibility index (Phi) is 9.24. The molecule has 2 aliphatic heterocycles. The van der Waals surface area contributed by atoms with Gasteiger partial charge in [-0.05, 0) is 32.6 Å². The number of carbonyl (C=O) groups excluding carboxylic acids is 5. The summed E-state index contributed by atoms with van der Waals surface area (Å²) in [6, 6.07) is 0. The van der Waals surface area contributed by atoms with Gasteiger partial charge in [-0.2, -0.15) is 21.6 Å². The Labute approximate surface area is 252 Å². The molecule has 0 radical (unpaired) electrons. The van der Waals surface area contributed by atoms with Gasteiger partial charge in [-0.1, -0.05) is 41.0 Å². The van der Waals surface area contributed by atoms with Crippen molar-refractivity contribution in [3.63, 3.8) is 0 Å². The van der Waals surface area contributed by atoms with Crippen molar-refractivity contribution >= 4 is 40.0 Å². The second-order valence-electron chi connectivity index (χ2n) is 12.8. The third-order valence-corrected chi connectivity index (χ3v) is 10.7. The van der Waals surface area contributed by atoms with E-state index in [9.17, 15) is 45.6 Å². The van der Waals surface area contributed by atoms with Gasteiger partial charge >= 0.3 is 36.0 Å². The molecule has 17 heteroatoms. The fourth-order valence-electron chi connectivity index (χ4n) is 6.05. The SMILES string of the molecule is CCCCC1(C(=O)OCC(OC(=O)C23CCC(C)(C(=O)O2)C3(C)C)C(=O)OCC(C(F)(F)F)S(=O)(=O)O)OC(=O)CC1(C)C. The zero-order chi connectivity index (χ0) is 33.7. The molecule has 3 fully saturated rings. The number of cyclic esters (lactones) is 1. The highest BCUT2D eigenvalue weighted by Gasteiger charge is 2.76. The fraction of sp³-hybridized carbons (Fsp3) is 0.815. The van der Waals surface area contributed by atoms with Gasteiger partial charge in [-0.3, -0.25) is 14.1 Å². The maximum atomic E-state index is 13.5. The van der Waals surface area contributed by atoms with Crippen molar-refractivity contribution in [2.45, 2.75) is 109 Å². The van der Waals surface area contributed by atoms with Gasteiger partial charge in [0, 0.05) is 10.8 Å². The Bertz CT molecular complexity index is 1320. The predicted octanol–water partition coefficient (Wildman–Crippen LogP) is 2.83. The first-order chi connectivity index (χ1) is 19.9. The number of alkyl halides is 3. The number of hydrogen-bond acceptors (Lipinski definition) is 12. The number of rotatable bonds is 12. The monoisotopic (exact) mass is 658 g/mol. The number of halogens is 3. The molecule has 2 saturated heterocycles. The third-order valence-electron chi connectivity index (χ3n) is 9.57. The molecule has 5 unspecified atom stereocenters. The zero-order valence-electron chi connectivity index (χ0n) is 25.2. The molecule has 1 aliphatic carbocycles. The lowest BCUT2D eigenvalue weighted by molar-refractivity contribution is -0.200. The van der Waals surface area contributed by atoms with Crippen molar-refractivity contribution in [1.82, 2.24) is 0 Å². The van der Waals surface area contributed by atoms with Gasteiger partial charge in [0.25, 0.3) is 10.1 Å². The minimum absolute atomic E-state index is 0.0220. The van der Waals surface area contributed by atoms with E-state index in [1.807, 2.05) is 6.92 Å². The van der Waals surface area contributed by atoms with Crippen LogP contribution in [-0.2, 0) is 57.8 Å². The highest BCUT2D eigenvalue weighted by Crippen LogP contribution is 2.66. The van der Waals surface area contributed by atoms with Crippen LogP contribution in [0.1, 0.15) is 80.1 Å². The summed E-state index contributed by atoms with van der Waals surface area (Å²) in [6.07, 6.45) is -6.74. The van der Waals surface area contributed by atoms with Crippen molar-refractivity contribution in [2.75, 3.05) is 13.2 Å². The Morgan fingerprint density at radius 3 is 2.02 bits per heavy atom. The van der Waals surface area contributed by atoms with E-state index in [-0.39, 0.29) is 25.7 Å². The number of unbranched alkanes of at least 4 members (excludes halogenated alkanes) is 1. The molecule has 0 spiro atoms. The normalized spacial score (nSPS) is 30.2. The van der Waals surface area contributed by atoms with Gasteiger partial charge in [-0.25, -0.2) is 14.4 Å². The van der Waals surface area contributed by atoms with Crippen LogP contribution < -0.4 is 0 Å². The second kappa shape index (κ2) is 11.4. The van der Waals surface area contributed by atoms with E-state index >= 15 is 0 Å². The predicted molar refractivity (Wildman–Crippen MR) is 140 cm³/mol. The Morgan fingerprint density at radius 2 is 1.59 bits per heavy atom. The molecule has 0 aromatic rings. The van der Waals surface area contributed by atoms with E-state index in [0.29, 0.717) is 12.8 Å². The van der Waals surface area contributed by atoms with Crippen molar-refractivity contribution in [1.29, 1.82) is 0 Å². The maximum absolute atomic E-state index is 13.5. The average molecular weight is 659 g/mol. The number of esters is 5. The lowest BCUT2D eigenvalue weighted by Gasteiger charge is -2.37. The van der Waals surface area contributed by atoms with E-state index in [0.717, 1.165) is 0 Å². The lowest BCUT2D eigenvalue weighted by Crippen LogP contribution is -2.53. The highest BCUT2D eigenvalue weighted by molar-refractivity contribution is 7.86. The van der Waals surface area contributed by atoms with Crippen molar-refractivity contribution in [3.05, 3.63) is 0 Å². The Morgan fingerprint density at radius 1 is 0.977 bits per heavy atom. The molecule has 0 aromatic carbocycles. The summed E-state index contributed by atoms with van der Waals surface area (Å²) in [5.74, 6) is -5.55. The summed E-state index contributed by atoms with van der Waals surface area (Å²) in [7, 11) is -5.79. The van der Waals surface area contributed by atoms with E-state index < -0.39 is 98.2 Å². The van der Waals surface area contributed by atoms with E-state index in [2.05, 4.69) is 4.74 Å². The van der Waals surface area contributed by atoms with Crippen LogP contribution in [0.5, 0.6) is 0 Å². The molecule has 13 nitrogen and oxygen atoms in total. The van der Waals surface area contributed by atoms with Crippen LogP contribution in [0.25, 0.3) is 0 Å². The third kappa shape index (κ3) is 5.76. The molecule has 5 atom stereocenters. The fourth-order valence-corrected chi connectivity index (χ4v) is 6.63. The van der Waals surface area contributed by atoms with Gasteiger partial charge in [0.15, 0.2) is 0 Å². The van der Waals surface area contributed by atoms with Gasteiger partial charge in [0.05, 0.1) is 11.8 Å². The summed E-state index contributed by atoms with van der Waals surface area (Å²) < 4.78 is 97.2. The largest absolute Gasteiger partial charge is 0.461 e. The number of fused-ring (bicyclic) bond motifs is 2. The van der Waals surface area contributed by atoms with Crippen LogP contribution in [0.15, 0.2) is 0 Å². The van der Waals surface area contributed by atoms with Crippen molar-refractivity contribution in [2.24, 2.45) is 16.2 Å². The number of hydrogen-bond donors (Lipinski definition) is 1. The topological polar surface area (TPSA) is 186 Å². The molecule has 3 aliphatic rings. The zero-order valence-corrected chi connectivity index (χ0v) is 26.0. The first-order valence-electron chi connectivity index (χ1n) is 13.9. The van der Waals surface area contributed by atoms with Crippen LogP contribution in [0.4, 0.5) is 13.2 Å². The molecule has 2 bridgehead atoms. The smallest absolute Gasteiger partial charge is 0.411 e. The highest BCUT2D eigenvalue weighted by atomic mass is 32.2. The first-order valence-corrected chi connectivity index (χ1v) is 15.5. The van der Waals surface area contributed by atoms with Crippen LogP contribution in [0.3, 0.4) is 0 Å². The van der Waals surface area contributed by atoms with Crippen molar-refractivity contribution in [3.8, 4) is 0 Å². The van der Waals surface area contributed by atoms with Gasteiger partial charge in [-0.15, -0.1) is 0 Å². The van der Waals surface area contributed by atoms with Gasteiger partial charge < -0.3 is 23.7 Å². The molecule has 0 amide bonds. The van der Waals surface area contributed by atoms with Crippen LogP contribution in [-0.4, -0.2) is 84.8 Å². The maximum Gasteiger partial charge on any atom is 0.411 e. The summed E-state index contributed by atoms with van der Waals surface area (Å²) in [5, 5.41) is -3.53. The van der Waals surface area contributed by atoms with E-state index in [1.54, 1.807) is 34.6 Å². The minimum atomic E-state index is -5.79. The Hall–Kier alpha value is -2.95. The van der Waals surface area contributed by atoms with Crippen LogP contribution >= 0.6 is 0 Å². The number of ether oxygens (including phenoxy) is 5. The van der Waals surface area contributed by atoms with E-state index in [1.165, 1.54) is 0 Å². The van der Waals surface area contributed by atoms with Gasteiger partial charge in [0.1, 0.15) is 13.2 Å². The first kappa shape index (κ1) is 35.5. The minimum Gasteiger partial charge on any atom is -0.461 e. The molecular formula is C27H37F3O13S. The summed E-state index contributed by atoms with van der Waals surface area (Å²) >= 11 is 0. The molecule has 250 valence electrons. The lowest BCUT2D eigenvalue weighted by atomic mass is 9.66. The Balaban J connectivity index is 1.90. The molecule has 1 saturated carbocycles. The quantitative estimate of drug-likeness (QED) is 0.183. The molecule has 0 aromatic heterocycles. The van der Waals surface area contributed by atoms with Crippen LogP contribution in [0.2, 0.25) is 0 Å². The van der Waals surface area contributed by atoms with Gasteiger partial charge in [0.2, 0.25) is 22.6 Å². The molecule has 2 heterocycles. The molecule has 1 N–H and O–H groups in total. The summed E-state index contributed by atoms with van der Waals surface area (Å²) in [5.41, 5.74) is -7.06. The second-order valence-corrected chi connectivity index (χ2v) is 14.4. The number of carbonyl (C=O) groups is 5. The average Bonchev–Trinajstić information content (AvgIpc) is 3.30. The van der Waals surface area contributed by atoms with Crippen molar-refractivity contribution < 1.29 is 73.8 Å². The molecular weight excluding hydrogens is 621 g/mol. The standard InChI is InChI=1S/C27H37F3O13S/c1-7-8-9-25(22(2,3)12-17(31)42-25)20(34)40-13-15(18(32)39-14-16(27(28,29)30)44(36,37)38)41-21(35)26-11-10-24(6,19(33)43-26)23(26,4)5/h15-16H,7-14H2,1-6H3,(H,36,37,38). The van der Waals surface area contributed by atoms with E-state index in [4.69, 9.17) is 23.5 Å². The summed E-state index contributed by atoms with van der Waals surface area (Å²) in [4.78, 5) is 64.7. The molecule has 44 heavy (non-hydrogen) atoms.